The van der Waals surface area contributed by atoms with Crippen molar-refractivity contribution in [1.82, 2.24) is 0 Å². The predicted molar refractivity (Wildman–Crippen MR) is 71.9 cm³/mol. The van der Waals surface area contributed by atoms with Gasteiger partial charge >= 0.3 is 0 Å². The summed E-state index contributed by atoms with van der Waals surface area (Å²) >= 11 is 0. The Morgan fingerprint density at radius 2 is 2.17 bits per heavy atom. The molecule has 0 aromatic heterocycles. The summed E-state index contributed by atoms with van der Waals surface area (Å²) in [7, 11) is 0. The summed E-state index contributed by atoms with van der Waals surface area (Å²) in [5.41, 5.74) is 6.60. The average molecular weight is 247 g/mol. The van der Waals surface area contributed by atoms with E-state index in [1.165, 1.54) is 0 Å². The molecule has 1 aromatic carbocycles. The fourth-order valence-electron chi connectivity index (χ4n) is 2.49. The monoisotopic (exact) mass is 247 g/mol. The summed E-state index contributed by atoms with van der Waals surface area (Å²) in [5.74, 6) is 1.06. The van der Waals surface area contributed by atoms with Gasteiger partial charge in [0.25, 0.3) is 0 Å². The van der Waals surface area contributed by atoms with Gasteiger partial charge in [0.2, 0.25) is 0 Å². The van der Waals surface area contributed by atoms with Gasteiger partial charge in [0, 0.05) is 17.5 Å². The summed E-state index contributed by atoms with van der Waals surface area (Å²) < 4.78 is 5.61. The highest BCUT2D eigenvalue weighted by Gasteiger charge is 2.28. The quantitative estimate of drug-likeness (QED) is 0.832. The molecule has 1 saturated carbocycles. The molecule has 1 aromatic rings. The third-order valence-corrected chi connectivity index (χ3v) is 3.33. The Balaban J connectivity index is 2.10. The van der Waals surface area contributed by atoms with Crippen molar-refractivity contribution in [2.75, 3.05) is 0 Å². The molecule has 0 saturated heterocycles. The summed E-state index contributed by atoms with van der Waals surface area (Å²) in [5, 5.41) is 0. The highest BCUT2D eigenvalue weighted by molar-refractivity contribution is 5.98. The van der Waals surface area contributed by atoms with Crippen LogP contribution in [0.15, 0.2) is 24.3 Å². The molecule has 1 aliphatic rings. The van der Waals surface area contributed by atoms with Gasteiger partial charge in [-0.25, -0.2) is 0 Å². The van der Waals surface area contributed by atoms with Gasteiger partial charge in [-0.3, -0.25) is 4.79 Å². The van der Waals surface area contributed by atoms with E-state index in [0.717, 1.165) is 30.6 Å². The third kappa shape index (κ3) is 3.10. The molecule has 18 heavy (non-hydrogen) atoms. The SMILES string of the molecule is CC(C)Oc1cccc(C(=O)C2CCC(N)C2)c1. The second kappa shape index (κ2) is 5.53. The van der Waals surface area contributed by atoms with Crippen LogP contribution in [-0.2, 0) is 0 Å². The Morgan fingerprint density at radius 3 is 2.78 bits per heavy atom. The van der Waals surface area contributed by atoms with Crippen LogP contribution in [0.3, 0.4) is 0 Å². The van der Waals surface area contributed by atoms with Crippen LogP contribution in [0.5, 0.6) is 5.75 Å². The standard InChI is InChI=1S/C15H21NO2/c1-10(2)18-14-5-3-4-11(9-14)15(17)12-6-7-13(16)8-12/h3-5,9-10,12-13H,6-8,16H2,1-2H3. The van der Waals surface area contributed by atoms with Crippen molar-refractivity contribution < 1.29 is 9.53 Å². The van der Waals surface area contributed by atoms with E-state index >= 15 is 0 Å². The number of benzene rings is 1. The summed E-state index contributed by atoms with van der Waals surface area (Å²) in [4.78, 5) is 12.3. The zero-order valence-electron chi connectivity index (χ0n) is 11.1. The maximum atomic E-state index is 12.3. The van der Waals surface area contributed by atoms with E-state index in [4.69, 9.17) is 10.5 Å². The molecule has 2 atom stereocenters. The van der Waals surface area contributed by atoms with E-state index in [0.29, 0.717) is 0 Å². The van der Waals surface area contributed by atoms with Crippen molar-refractivity contribution in [2.45, 2.75) is 45.3 Å². The molecule has 3 heteroatoms. The number of ether oxygens (including phenoxy) is 1. The van der Waals surface area contributed by atoms with E-state index in [1.807, 2.05) is 38.1 Å². The van der Waals surface area contributed by atoms with Crippen molar-refractivity contribution in [3.05, 3.63) is 29.8 Å². The zero-order chi connectivity index (χ0) is 13.1. The van der Waals surface area contributed by atoms with E-state index in [9.17, 15) is 4.79 Å². The minimum Gasteiger partial charge on any atom is -0.491 e. The Bertz CT molecular complexity index is 428. The predicted octanol–water partition coefficient (Wildman–Crippen LogP) is 2.78. The molecule has 3 nitrogen and oxygen atoms in total. The molecule has 2 unspecified atom stereocenters. The summed E-state index contributed by atoms with van der Waals surface area (Å²) in [6.07, 6.45) is 2.80. The van der Waals surface area contributed by atoms with Crippen LogP contribution in [0.25, 0.3) is 0 Å². The minimum absolute atomic E-state index is 0.0919. The van der Waals surface area contributed by atoms with E-state index in [1.54, 1.807) is 0 Å². The molecule has 1 fully saturated rings. The number of carbonyl (C=O) groups is 1. The Labute approximate surface area is 108 Å². The maximum absolute atomic E-state index is 12.3. The van der Waals surface area contributed by atoms with Gasteiger partial charge in [-0.1, -0.05) is 12.1 Å². The first-order valence-corrected chi connectivity index (χ1v) is 6.63. The van der Waals surface area contributed by atoms with Crippen LogP contribution in [-0.4, -0.2) is 17.9 Å². The molecular formula is C15H21NO2. The van der Waals surface area contributed by atoms with Crippen molar-refractivity contribution in [1.29, 1.82) is 0 Å². The lowest BCUT2D eigenvalue weighted by molar-refractivity contribution is 0.0921. The second-order valence-electron chi connectivity index (χ2n) is 5.33. The van der Waals surface area contributed by atoms with Gasteiger partial charge in [-0.15, -0.1) is 0 Å². The number of hydrogen-bond acceptors (Lipinski definition) is 3. The van der Waals surface area contributed by atoms with Gasteiger partial charge in [-0.2, -0.15) is 0 Å². The minimum atomic E-state index is 0.0919. The lowest BCUT2D eigenvalue weighted by atomic mass is 9.96. The molecule has 0 amide bonds. The number of nitrogens with two attached hydrogens (primary N) is 1. The second-order valence-corrected chi connectivity index (χ2v) is 5.33. The van der Waals surface area contributed by atoms with E-state index in [-0.39, 0.29) is 23.8 Å². The maximum Gasteiger partial charge on any atom is 0.166 e. The normalized spacial score (nSPS) is 23.3. The fraction of sp³-hybridized carbons (Fsp3) is 0.533. The lowest BCUT2D eigenvalue weighted by Crippen LogP contribution is -2.18. The van der Waals surface area contributed by atoms with E-state index < -0.39 is 0 Å². The number of ketones is 1. The topological polar surface area (TPSA) is 52.3 Å². The largest absolute Gasteiger partial charge is 0.491 e. The zero-order valence-corrected chi connectivity index (χ0v) is 11.1. The summed E-state index contributed by atoms with van der Waals surface area (Å²) in [6.45, 7) is 3.95. The number of Topliss-reactive ketones (excluding diaryl/α,β-unsaturated/α-hetero) is 1. The first-order chi connectivity index (χ1) is 8.56. The average Bonchev–Trinajstić information content (AvgIpc) is 2.74. The van der Waals surface area contributed by atoms with Gasteiger partial charge in [0.1, 0.15) is 5.75 Å². The molecular weight excluding hydrogens is 226 g/mol. The van der Waals surface area contributed by atoms with Crippen LogP contribution < -0.4 is 10.5 Å². The molecule has 0 bridgehead atoms. The summed E-state index contributed by atoms with van der Waals surface area (Å²) in [6, 6.07) is 7.65. The van der Waals surface area contributed by atoms with Crippen molar-refractivity contribution in [3.8, 4) is 5.75 Å². The molecule has 1 aliphatic carbocycles. The molecule has 2 rings (SSSR count). The van der Waals surface area contributed by atoms with Crippen molar-refractivity contribution in [2.24, 2.45) is 11.7 Å². The van der Waals surface area contributed by atoms with Gasteiger partial charge in [0.15, 0.2) is 5.78 Å². The fourth-order valence-corrected chi connectivity index (χ4v) is 2.49. The van der Waals surface area contributed by atoms with Crippen molar-refractivity contribution in [3.63, 3.8) is 0 Å². The van der Waals surface area contributed by atoms with Gasteiger partial charge in [0.05, 0.1) is 6.10 Å². The Kier molecular flexibility index (Phi) is 4.02. The van der Waals surface area contributed by atoms with Gasteiger partial charge in [-0.05, 0) is 45.2 Å². The van der Waals surface area contributed by atoms with Crippen molar-refractivity contribution >= 4 is 5.78 Å². The Morgan fingerprint density at radius 1 is 1.39 bits per heavy atom. The number of hydrogen-bond donors (Lipinski definition) is 1. The highest BCUT2D eigenvalue weighted by atomic mass is 16.5. The lowest BCUT2D eigenvalue weighted by Gasteiger charge is -2.12. The van der Waals surface area contributed by atoms with Crippen LogP contribution in [0, 0.1) is 5.92 Å². The molecule has 0 aliphatic heterocycles. The molecule has 98 valence electrons. The Hall–Kier alpha value is -1.35. The van der Waals surface area contributed by atoms with Crippen LogP contribution in [0.2, 0.25) is 0 Å². The van der Waals surface area contributed by atoms with Crippen LogP contribution >= 0.6 is 0 Å². The number of rotatable bonds is 4. The molecule has 2 N–H and O–H groups in total. The van der Waals surface area contributed by atoms with Gasteiger partial charge < -0.3 is 10.5 Å². The first kappa shape index (κ1) is 13.1. The first-order valence-electron chi connectivity index (χ1n) is 6.63. The number of carbonyl (C=O) groups excluding carboxylic acids is 1. The highest BCUT2D eigenvalue weighted by Crippen LogP contribution is 2.28. The smallest absolute Gasteiger partial charge is 0.166 e. The molecule has 0 heterocycles. The van der Waals surface area contributed by atoms with Crippen LogP contribution in [0.4, 0.5) is 0 Å². The van der Waals surface area contributed by atoms with E-state index in [2.05, 4.69) is 0 Å². The molecule has 0 radical (unpaired) electrons. The van der Waals surface area contributed by atoms with Crippen LogP contribution in [0.1, 0.15) is 43.5 Å². The third-order valence-electron chi connectivity index (χ3n) is 3.33. The molecule has 0 spiro atoms.